The van der Waals surface area contributed by atoms with Gasteiger partial charge in [-0.3, -0.25) is 19.3 Å². The Morgan fingerprint density at radius 3 is 2.62 bits per heavy atom. The Labute approximate surface area is 171 Å². The first-order valence-corrected chi connectivity index (χ1v) is 9.98. The van der Waals surface area contributed by atoms with Crippen molar-refractivity contribution in [1.29, 1.82) is 0 Å². The van der Waals surface area contributed by atoms with E-state index in [4.69, 9.17) is 10.5 Å². The lowest BCUT2D eigenvalue weighted by Gasteiger charge is -2.49. The van der Waals surface area contributed by atoms with Crippen LogP contribution in [0, 0.1) is 0 Å². The standard InChI is InChI=1S/C19H21N3O6S/c1-10(23)28-8-13-9-29-18-15(17(25)22(18)16(13)19(26)27)21-14(24)6-11-4-2-3-5-12(11)7-20/h2-5,15,18H,6-9,20H2,1H3,(H,21,24)(H,26,27)/t15-,18+/m0/s1. The van der Waals surface area contributed by atoms with Crippen LogP contribution < -0.4 is 11.1 Å². The van der Waals surface area contributed by atoms with Crippen LogP contribution in [-0.2, 0) is 36.9 Å². The highest BCUT2D eigenvalue weighted by molar-refractivity contribution is 8.00. The van der Waals surface area contributed by atoms with Gasteiger partial charge < -0.3 is 20.9 Å². The summed E-state index contributed by atoms with van der Waals surface area (Å²) >= 11 is 1.32. The molecule has 2 amide bonds. The SMILES string of the molecule is CC(=O)OCC1=C(C(=O)O)N2C(=O)[C@H](NC(=O)Cc3ccccc3CN)[C@H]2SC1. The Balaban J connectivity index is 1.69. The number of hydrogen-bond acceptors (Lipinski definition) is 7. The van der Waals surface area contributed by atoms with E-state index in [9.17, 15) is 24.3 Å². The van der Waals surface area contributed by atoms with Gasteiger partial charge in [-0.15, -0.1) is 11.8 Å². The van der Waals surface area contributed by atoms with E-state index in [1.165, 1.54) is 18.7 Å². The number of aliphatic carboxylic acids is 1. The maximum atomic E-state index is 12.6. The number of hydrogen-bond donors (Lipinski definition) is 3. The summed E-state index contributed by atoms with van der Waals surface area (Å²) in [5.74, 6) is -2.36. The van der Waals surface area contributed by atoms with E-state index in [1.807, 2.05) is 18.2 Å². The Kier molecular flexibility index (Phi) is 6.23. The van der Waals surface area contributed by atoms with Gasteiger partial charge in [0.1, 0.15) is 23.7 Å². The number of ether oxygens (including phenoxy) is 1. The molecule has 1 aromatic rings. The summed E-state index contributed by atoms with van der Waals surface area (Å²) in [6, 6.07) is 6.48. The molecular formula is C19H21N3O6S. The van der Waals surface area contributed by atoms with Gasteiger partial charge >= 0.3 is 11.9 Å². The second-order valence-electron chi connectivity index (χ2n) is 6.64. The largest absolute Gasteiger partial charge is 0.477 e. The van der Waals surface area contributed by atoms with Gasteiger partial charge in [-0.05, 0) is 11.1 Å². The number of benzene rings is 1. The van der Waals surface area contributed by atoms with Crippen molar-refractivity contribution in [2.24, 2.45) is 5.73 Å². The van der Waals surface area contributed by atoms with Crippen molar-refractivity contribution in [2.75, 3.05) is 12.4 Å². The average Bonchev–Trinajstić information content (AvgIpc) is 2.69. The van der Waals surface area contributed by atoms with Gasteiger partial charge in [0.2, 0.25) is 5.91 Å². The number of nitrogens with one attached hydrogen (secondary N) is 1. The molecule has 4 N–H and O–H groups in total. The zero-order chi connectivity index (χ0) is 21.1. The third-order valence-corrected chi connectivity index (χ3v) is 6.04. The molecule has 0 radical (unpaired) electrons. The van der Waals surface area contributed by atoms with E-state index in [2.05, 4.69) is 5.32 Å². The molecule has 1 aromatic carbocycles. The van der Waals surface area contributed by atoms with Crippen molar-refractivity contribution < 1.29 is 29.0 Å². The van der Waals surface area contributed by atoms with E-state index in [0.717, 1.165) is 16.0 Å². The highest BCUT2D eigenvalue weighted by Gasteiger charge is 2.54. The van der Waals surface area contributed by atoms with E-state index in [-0.39, 0.29) is 30.4 Å². The first-order chi connectivity index (χ1) is 13.8. The van der Waals surface area contributed by atoms with Gasteiger partial charge in [-0.2, -0.15) is 0 Å². The van der Waals surface area contributed by atoms with Gasteiger partial charge in [-0.1, -0.05) is 24.3 Å². The third kappa shape index (κ3) is 4.28. The van der Waals surface area contributed by atoms with Crippen LogP contribution in [0.3, 0.4) is 0 Å². The van der Waals surface area contributed by atoms with Gasteiger partial charge in [0.25, 0.3) is 5.91 Å². The van der Waals surface area contributed by atoms with Crippen molar-refractivity contribution in [2.45, 2.75) is 31.3 Å². The lowest BCUT2D eigenvalue weighted by Crippen LogP contribution is -2.70. The summed E-state index contributed by atoms with van der Waals surface area (Å²) in [7, 11) is 0. The summed E-state index contributed by atoms with van der Waals surface area (Å²) < 4.78 is 4.89. The van der Waals surface area contributed by atoms with E-state index < -0.39 is 29.3 Å². The number of carboxylic acid groups (broad SMARTS) is 1. The number of esters is 1. The molecule has 2 atom stereocenters. The average molecular weight is 419 g/mol. The number of fused-ring (bicyclic) bond motifs is 1. The van der Waals surface area contributed by atoms with Crippen molar-refractivity contribution >= 4 is 35.5 Å². The normalized spacial score (nSPS) is 20.6. The summed E-state index contributed by atoms with van der Waals surface area (Å²) in [5, 5.41) is 11.7. The predicted octanol–water partition coefficient (Wildman–Crippen LogP) is -0.0105. The zero-order valence-electron chi connectivity index (χ0n) is 15.7. The number of carbonyl (C=O) groups is 4. The number of nitrogens with zero attached hydrogens (tertiary/aromatic N) is 1. The van der Waals surface area contributed by atoms with Crippen LogP contribution in [0.15, 0.2) is 35.5 Å². The van der Waals surface area contributed by atoms with Crippen molar-refractivity contribution in [3.05, 3.63) is 46.7 Å². The lowest BCUT2D eigenvalue weighted by atomic mass is 10.0. The molecule has 154 valence electrons. The summed E-state index contributed by atoms with van der Waals surface area (Å²) in [6.07, 6.45) is 0.0773. The number of rotatable bonds is 7. The van der Waals surface area contributed by atoms with Crippen LogP contribution in [0.25, 0.3) is 0 Å². The summed E-state index contributed by atoms with van der Waals surface area (Å²) in [5.41, 5.74) is 7.49. The number of β-lactam (4-membered cyclic amide) rings is 1. The maximum absolute atomic E-state index is 12.6. The van der Waals surface area contributed by atoms with Crippen LogP contribution >= 0.6 is 11.8 Å². The molecule has 1 saturated heterocycles. The first kappa shape index (κ1) is 20.9. The zero-order valence-corrected chi connectivity index (χ0v) is 16.5. The fourth-order valence-corrected chi connectivity index (χ4v) is 4.64. The molecular weight excluding hydrogens is 398 g/mol. The lowest BCUT2D eigenvalue weighted by molar-refractivity contribution is -0.151. The Morgan fingerprint density at radius 1 is 1.31 bits per heavy atom. The van der Waals surface area contributed by atoms with Gasteiger partial charge in [-0.25, -0.2) is 4.79 Å². The fraction of sp³-hybridized carbons (Fsp3) is 0.368. The molecule has 2 heterocycles. The number of thioether (sulfide) groups is 1. The number of nitrogens with two attached hydrogens (primary N) is 1. The second kappa shape index (κ2) is 8.66. The molecule has 1 fully saturated rings. The Hall–Kier alpha value is -2.85. The smallest absolute Gasteiger partial charge is 0.352 e. The Bertz CT molecular complexity index is 900. The van der Waals surface area contributed by atoms with Crippen LogP contribution in [0.1, 0.15) is 18.1 Å². The molecule has 10 heteroatoms. The number of amides is 2. The minimum Gasteiger partial charge on any atom is -0.477 e. The molecule has 0 aromatic heterocycles. The maximum Gasteiger partial charge on any atom is 0.352 e. The summed E-state index contributed by atoms with van der Waals surface area (Å²) in [4.78, 5) is 48.9. The van der Waals surface area contributed by atoms with Crippen LogP contribution in [0.4, 0.5) is 0 Å². The quantitative estimate of drug-likeness (QED) is 0.414. The molecule has 0 aliphatic carbocycles. The Morgan fingerprint density at radius 2 is 2.00 bits per heavy atom. The van der Waals surface area contributed by atoms with Crippen molar-refractivity contribution in [3.8, 4) is 0 Å². The molecule has 0 saturated carbocycles. The minimum atomic E-state index is -1.27. The topological polar surface area (TPSA) is 139 Å². The van der Waals surface area contributed by atoms with E-state index in [1.54, 1.807) is 6.07 Å². The second-order valence-corrected chi connectivity index (χ2v) is 7.75. The van der Waals surface area contributed by atoms with Crippen LogP contribution in [0.5, 0.6) is 0 Å². The predicted molar refractivity (Wildman–Crippen MR) is 104 cm³/mol. The highest BCUT2D eigenvalue weighted by Crippen LogP contribution is 2.40. The van der Waals surface area contributed by atoms with Crippen LogP contribution in [0.2, 0.25) is 0 Å². The molecule has 9 nitrogen and oxygen atoms in total. The molecule has 0 bridgehead atoms. The number of carboxylic acids is 1. The van der Waals surface area contributed by atoms with E-state index in [0.29, 0.717) is 12.1 Å². The van der Waals surface area contributed by atoms with Crippen LogP contribution in [-0.4, -0.2) is 57.5 Å². The van der Waals surface area contributed by atoms with E-state index >= 15 is 0 Å². The number of carbonyl (C=O) groups excluding carboxylic acids is 3. The van der Waals surface area contributed by atoms with Crippen molar-refractivity contribution in [3.63, 3.8) is 0 Å². The highest BCUT2D eigenvalue weighted by atomic mass is 32.2. The summed E-state index contributed by atoms with van der Waals surface area (Å²) in [6.45, 7) is 1.34. The third-order valence-electron chi connectivity index (χ3n) is 4.71. The van der Waals surface area contributed by atoms with Crippen molar-refractivity contribution in [1.82, 2.24) is 10.2 Å². The molecule has 2 aliphatic heterocycles. The molecule has 0 spiro atoms. The first-order valence-electron chi connectivity index (χ1n) is 8.93. The minimum absolute atomic E-state index is 0.0773. The molecule has 3 rings (SSSR count). The van der Waals surface area contributed by atoms with Gasteiger partial charge in [0.15, 0.2) is 0 Å². The molecule has 2 aliphatic rings. The van der Waals surface area contributed by atoms with Gasteiger partial charge in [0.05, 0.1) is 6.42 Å². The fourth-order valence-electron chi connectivity index (χ4n) is 3.31. The monoisotopic (exact) mass is 419 g/mol. The molecule has 29 heavy (non-hydrogen) atoms. The molecule has 0 unspecified atom stereocenters. The van der Waals surface area contributed by atoms with Gasteiger partial charge in [0, 0.05) is 24.8 Å².